The molecular weight excluding hydrogens is 2490 g/mol. The molecule has 0 aliphatic heterocycles. The summed E-state index contributed by atoms with van der Waals surface area (Å²) in [5, 5.41) is 74.9. The second kappa shape index (κ2) is 60.6. The number of hydrogen-bond donors (Lipinski definition) is 8. The van der Waals surface area contributed by atoms with Gasteiger partial charge in [0.2, 0.25) is 0 Å². The van der Waals surface area contributed by atoms with Crippen LogP contribution in [0.1, 0.15) is 331 Å². The minimum Gasteiger partial charge on any atom is -0.513 e. The minimum absolute atomic E-state index is 0. The van der Waals surface area contributed by atoms with E-state index >= 15 is 0 Å². The molecule has 4 unspecified atom stereocenters. The molecule has 8 aromatic carbocycles. The fourth-order valence-corrected chi connectivity index (χ4v) is 19.2. The Bertz CT molecular complexity index is 5870. The summed E-state index contributed by atoms with van der Waals surface area (Å²) in [5.74, 6) is 3.19. The van der Waals surface area contributed by atoms with Crippen molar-refractivity contribution in [3.63, 3.8) is 0 Å². The van der Waals surface area contributed by atoms with Crippen LogP contribution in [0.2, 0.25) is 0 Å². The maximum Gasteiger partial charge on any atom is 0.0911 e. The van der Waals surface area contributed by atoms with E-state index in [1.165, 1.54) is 173 Å². The van der Waals surface area contributed by atoms with E-state index in [1.807, 2.05) is 13.8 Å². The third-order valence-electron chi connectivity index (χ3n) is 24.2. The quantitative estimate of drug-likeness (QED) is 0.0264. The van der Waals surface area contributed by atoms with Gasteiger partial charge in [0.15, 0.2) is 0 Å². The number of pyridine rings is 4. The molecule has 2 saturated carbocycles. The monoisotopic (exact) mass is 2670 g/mol. The van der Waals surface area contributed by atoms with Crippen molar-refractivity contribution in [2.45, 2.75) is 361 Å². The van der Waals surface area contributed by atoms with Gasteiger partial charge in [-0.3, -0.25) is 19.9 Å². The Hall–Kier alpha value is -8.00. The number of aromatic nitrogens is 4. The van der Waals surface area contributed by atoms with Crippen molar-refractivity contribution in [3.8, 4) is 45.0 Å². The molecule has 4 heterocycles. The van der Waals surface area contributed by atoms with Crippen LogP contribution in [0, 0.1) is 113 Å². The molecular formula is C128H172Ir4N4O8-4. The first-order chi connectivity index (χ1) is 65.4. The van der Waals surface area contributed by atoms with Gasteiger partial charge in [-0.15, -0.1) is 140 Å². The van der Waals surface area contributed by atoms with Gasteiger partial charge in [-0.2, -0.15) is 0 Å². The standard InChI is InChI=1S/C27H30N.2C27H34N.C21H22N.C11H22O2.3C5H10O2.4Ir/c1-18-15-19(2)17-22(16-18)25-13-12-24-26(28-25)14-11-23(20-7-3-4-8-20)27(24)21-9-5-6-10-21;2*1-18-13-19(2)15-21(14-18)24-12-10-22-23(17-27(6,7)8)20(16-26(3,4)5)9-11-25(22)28-24;1-5-16-7-9-21-19(18(16)6-2)8-10-20(22-21)17-12-14(3)11-15(4)13-17;1-8(2)5-10(12)7-11(13)6-9(3)4;3*1-4(6)3-5(2)7;;;;/h11-16,20-21H,3-10H2,1-2H3;2*9-14H,16-17H2,1-8H3;7-12H,5-6H2,1-4H3;7-10,12-13H,5-6H2,1-4H3;3*3-4,6-7H,1-2H3;;;;/q4*-1;;;;;;;;. The SMILES string of the molecule is CC(C)CC(O)=CC(O)CC(C)C.CC(O)=CC(C)O.CC(O)=CC(C)O.CC(O)=CC(C)O.CCc1ccc2nc(-c3[c-]c(C)cc(C)c3)ccc2c1CC.Cc1[c-]c(-c2ccc3c(C4CCCC4)c(C4CCCC4)ccc3n2)cc(C)c1.Cc1[c-]c(-c2ccc3c(CC(C)(C)C)c(CC(C)(C)C)ccc3n2)cc(C)c1.Cc1[c-]c(-c2ccc3c(CC(C)(C)C)c(CC(C)(C)C)ccc3n2)cc(C)c1.[Ir].[Ir].[Ir].[Ir]. The van der Waals surface area contributed by atoms with Crippen molar-refractivity contribution >= 4 is 43.6 Å². The average Bonchev–Trinajstić information content (AvgIpc) is 1.23. The predicted molar refractivity (Wildman–Crippen MR) is 596 cm³/mol. The smallest absolute Gasteiger partial charge is 0.0911 e. The van der Waals surface area contributed by atoms with Crippen LogP contribution in [-0.2, 0) is 119 Å². The van der Waals surface area contributed by atoms with Crippen molar-refractivity contribution < 1.29 is 121 Å². The van der Waals surface area contributed by atoms with Crippen LogP contribution in [-0.4, -0.2) is 85.2 Å². The average molecular weight is 2660 g/mol. The van der Waals surface area contributed by atoms with Crippen LogP contribution in [0.25, 0.3) is 88.6 Å². The summed E-state index contributed by atoms with van der Waals surface area (Å²) >= 11 is 0. The second-order valence-electron chi connectivity index (χ2n) is 45.5. The van der Waals surface area contributed by atoms with Gasteiger partial charge in [0.25, 0.3) is 0 Å². The van der Waals surface area contributed by atoms with Gasteiger partial charge in [0.1, 0.15) is 0 Å². The first kappa shape index (κ1) is 130. The second-order valence-corrected chi connectivity index (χ2v) is 45.5. The third kappa shape index (κ3) is 44.8. The molecule has 12 aromatic rings. The topological polar surface area (TPSA) is 213 Å². The van der Waals surface area contributed by atoms with Gasteiger partial charge in [0.05, 0.1) is 69.5 Å². The van der Waals surface area contributed by atoms with Gasteiger partial charge in [-0.05, 0) is 273 Å². The van der Waals surface area contributed by atoms with E-state index in [9.17, 15) is 10.2 Å². The Morgan fingerprint density at radius 3 is 0.889 bits per heavy atom. The fraction of sp³-hybridized carbons (Fsp3) is 0.469. The number of allylic oxidation sites excluding steroid dienone is 4. The van der Waals surface area contributed by atoms with Gasteiger partial charge in [-0.1, -0.05) is 278 Å². The number of aliphatic hydroxyl groups excluding tert-OH is 8. The van der Waals surface area contributed by atoms with Crippen LogP contribution in [0.3, 0.4) is 0 Å². The summed E-state index contributed by atoms with van der Waals surface area (Å²) in [6.07, 6.45) is 22.3. The predicted octanol–water partition coefficient (Wildman–Crippen LogP) is 33.4. The van der Waals surface area contributed by atoms with Gasteiger partial charge >= 0.3 is 0 Å². The van der Waals surface area contributed by atoms with E-state index in [4.69, 9.17) is 50.6 Å². The van der Waals surface area contributed by atoms with E-state index in [0.717, 1.165) is 134 Å². The molecule has 144 heavy (non-hydrogen) atoms. The van der Waals surface area contributed by atoms with Crippen LogP contribution in [0.15, 0.2) is 193 Å². The molecule has 4 radical (unpaired) electrons. The van der Waals surface area contributed by atoms with Crippen molar-refractivity contribution in [1.29, 1.82) is 0 Å². The van der Waals surface area contributed by atoms with Crippen LogP contribution in [0.5, 0.6) is 0 Å². The molecule has 14 rings (SSSR count). The molecule has 0 saturated heterocycles. The molecule has 0 bridgehead atoms. The number of aryl methyl sites for hydroxylation is 10. The molecule has 2 aliphatic carbocycles. The summed E-state index contributed by atoms with van der Waals surface area (Å²) < 4.78 is 0. The molecule has 792 valence electrons. The maximum absolute atomic E-state index is 9.47. The van der Waals surface area contributed by atoms with Crippen molar-refractivity contribution in [3.05, 3.63) is 306 Å². The molecule has 12 nitrogen and oxygen atoms in total. The summed E-state index contributed by atoms with van der Waals surface area (Å²) in [4.78, 5) is 20.0. The van der Waals surface area contributed by atoms with Gasteiger partial charge in [-0.25, -0.2) is 0 Å². The third-order valence-corrected chi connectivity index (χ3v) is 24.2. The number of nitrogens with zero attached hydrogens (tertiary/aromatic N) is 4. The number of benzene rings is 8. The van der Waals surface area contributed by atoms with Crippen molar-refractivity contribution in [1.82, 2.24) is 19.9 Å². The van der Waals surface area contributed by atoms with Crippen molar-refractivity contribution in [2.24, 2.45) is 33.5 Å². The number of aliphatic hydroxyl groups is 8. The summed E-state index contributed by atoms with van der Waals surface area (Å²) in [7, 11) is 0. The molecule has 8 N–H and O–H groups in total. The Balaban J connectivity index is 0.000000443. The van der Waals surface area contributed by atoms with Crippen LogP contribution < -0.4 is 0 Å². The Morgan fingerprint density at radius 1 is 0.340 bits per heavy atom. The minimum atomic E-state index is -0.537. The fourth-order valence-electron chi connectivity index (χ4n) is 19.2. The van der Waals surface area contributed by atoms with Crippen LogP contribution in [0.4, 0.5) is 0 Å². The Labute approximate surface area is 922 Å². The molecule has 16 heteroatoms. The van der Waals surface area contributed by atoms with Gasteiger partial charge < -0.3 is 40.9 Å². The van der Waals surface area contributed by atoms with E-state index < -0.39 is 24.4 Å². The van der Waals surface area contributed by atoms with Gasteiger partial charge in [0, 0.05) is 108 Å². The Morgan fingerprint density at radius 2 is 0.625 bits per heavy atom. The molecule has 2 fully saturated rings. The largest absolute Gasteiger partial charge is 0.513 e. The maximum atomic E-state index is 9.47. The molecule has 0 amide bonds. The van der Waals surface area contributed by atoms with E-state index in [-0.39, 0.29) is 119 Å². The molecule has 4 atom stereocenters. The van der Waals surface area contributed by atoms with Crippen molar-refractivity contribution in [2.75, 3.05) is 0 Å². The zero-order valence-corrected chi connectivity index (χ0v) is 102. The van der Waals surface area contributed by atoms with E-state index in [1.54, 1.807) is 38.0 Å². The summed E-state index contributed by atoms with van der Waals surface area (Å²) in [6.45, 7) is 66.7. The zero-order valence-electron chi connectivity index (χ0n) is 92.8. The summed E-state index contributed by atoms with van der Waals surface area (Å²) in [5.41, 5.74) is 35.5. The first-order valence-corrected chi connectivity index (χ1v) is 51.4. The Kier molecular flexibility index (Phi) is 54.8. The molecule has 2 aliphatic rings. The first-order valence-electron chi connectivity index (χ1n) is 51.4. The summed E-state index contributed by atoms with van der Waals surface area (Å²) in [6, 6.07) is 67.1. The molecule has 0 spiro atoms. The van der Waals surface area contributed by atoms with E-state index in [0.29, 0.717) is 30.4 Å². The molecule has 4 aromatic heterocycles. The number of rotatable bonds is 20. The van der Waals surface area contributed by atoms with Crippen LogP contribution >= 0.6 is 0 Å². The zero-order chi connectivity index (χ0) is 104. The van der Waals surface area contributed by atoms with E-state index in [2.05, 4.69) is 336 Å². The number of fused-ring (bicyclic) bond motifs is 4. The normalized spacial score (nSPS) is 14.0. The number of hydrogen-bond acceptors (Lipinski definition) is 12.